The van der Waals surface area contributed by atoms with Crippen LogP contribution in [0.2, 0.25) is 0 Å². The molecule has 90 valence electrons. The molecule has 1 fully saturated rings. The van der Waals surface area contributed by atoms with Gasteiger partial charge in [-0.3, -0.25) is 0 Å². The quantitative estimate of drug-likeness (QED) is 0.595. The lowest BCUT2D eigenvalue weighted by molar-refractivity contribution is 0.364. The van der Waals surface area contributed by atoms with Gasteiger partial charge < -0.3 is 0 Å². The van der Waals surface area contributed by atoms with E-state index >= 15 is 0 Å². The van der Waals surface area contributed by atoms with Crippen LogP contribution in [0.3, 0.4) is 0 Å². The van der Waals surface area contributed by atoms with Gasteiger partial charge in [0.25, 0.3) is 0 Å². The molecule has 1 saturated carbocycles. The number of rotatable bonds is 3. The van der Waals surface area contributed by atoms with Crippen LogP contribution in [0.25, 0.3) is 0 Å². The van der Waals surface area contributed by atoms with Crippen molar-refractivity contribution in [1.82, 2.24) is 0 Å². The fourth-order valence-corrected chi connectivity index (χ4v) is 3.39. The van der Waals surface area contributed by atoms with Crippen molar-refractivity contribution >= 4 is 0 Å². The largest absolute Gasteiger partial charge is 0.0998 e. The third kappa shape index (κ3) is 2.26. The van der Waals surface area contributed by atoms with E-state index in [1.807, 2.05) is 0 Å². The molecule has 0 saturated heterocycles. The van der Waals surface area contributed by atoms with Crippen LogP contribution in [-0.4, -0.2) is 0 Å². The normalized spacial score (nSPS) is 40.1. The topological polar surface area (TPSA) is 0 Å². The predicted molar refractivity (Wildman–Crippen MR) is 71.2 cm³/mol. The molecule has 0 heterocycles. The Hall–Kier alpha value is -0.520. The van der Waals surface area contributed by atoms with Gasteiger partial charge in [0.2, 0.25) is 0 Å². The molecule has 5 unspecified atom stereocenters. The average Bonchev–Trinajstić information content (AvgIpc) is 2.95. The highest BCUT2D eigenvalue weighted by atomic mass is 14.4. The second-order valence-corrected chi connectivity index (χ2v) is 6.31. The number of hydrogen-bond acceptors (Lipinski definition) is 0. The summed E-state index contributed by atoms with van der Waals surface area (Å²) in [5, 5.41) is 0. The van der Waals surface area contributed by atoms with Gasteiger partial charge in [-0.2, -0.15) is 0 Å². The number of allylic oxidation sites excluding steroid dienone is 3. The maximum absolute atomic E-state index is 4.17. The highest BCUT2D eigenvalue weighted by Crippen LogP contribution is 2.49. The second-order valence-electron chi connectivity index (χ2n) is 6.31. The van der Waals surface area contributed by atoms with E-state index < -0.39 is 0 Å². The summed E-state index contributed by atoms with van der Waals surface area (Å²) >= 11 is 0. The lowest BCUT2D eigenvalue weighted by atomic mass is 9.73. The van der Waals surface area contributed by atoms with Gasteiger partial charge in [-0.25, -0.2) is 0 Å². The van der Waals surface area contributed by atoms with Gasteiger partial charge in [0.05, 0.1) is 0 Å². The zero-order valence-corrected chi connectivity index (χ0v) is 11.3. The zero-order valence-electron chi connectivity index (χ0n) is 11.3. The van der Waals surface area contributed by atoms with Crippen LogP contribution in [0.1, 0.15) is 47.0 Å². The van der Waals surface area contributed by atoms with E-state index in [9.17, 15) is 0 Å². The Morgan fingerprint density at radius 3 is 2.50 bits per heavy atom. The van der Waals surface area contributed by atoms with Gasteiger partial charge in [-0.05, 0) is 55.8 Å². The van der Waals surface area contributed by atoms with Crippen molar-refractivity contribution in [3.05, 3.63) is 23.8 Å². The zero-order chi connectivity index (χ0) is 11.9. The summed E-state index contributed by atoms with van der Waals surface area (Å²) in [7, 11) is 0. The van der Waals surface area contributed by atoms with Crippen molar-refractivity contribution in [3.63, 3.8) is 0 Å². The Labute approximate surface area is 101 Å². The van der Waals surface area contributed by atoms with E-state index in [4.69, 9.17) is 0 Å². The molecule has 0 aromatic rings. The molecule has 0 radical (unpaired) electrons. The highest BCUT2D eigenvalue weighted by molar-refractivity contribution is 5.19. The summed E-state index contributed by atoms with van der Waals surface area (Å²) in [6, 6.07) is 0. The Bertz CT molecular complexity index is 310. The molecule has 0 aliphatic heterocycles. The molecule has 0 aromatic carbocycles. The molecule has 0 aromatic heterocycles. The molecule has 0 spiro atoms. The highest BCUT2D eigenvalue weighted by Gasteiger charge is 2.39. The molecule has 2 rings (SSSR count). The minimum Gasteiger partial charge on any atom is -0.0998 e. The van der Waals surface area contributed by atoms with E-state index in [2.05, 4.69) is 40.3 Å². The van der Waals surface area contributed by atoms with Gasteiger partial charge >= 0.3 is 0 Å². The summed E-state index contributed by atoms with van der Waals surface area (Å²) < 4.78 is 0. The summed E-state index contributed by atoms with van der Waals surface area (Å²) in [5.41, 5.74) is 3.11. The maximum atomic E-state index is 4.17. The van der Waals surface area contributed by atoms with Gasteiger partial charge in [0.1, 0.15) is 0 Å². The van der Waals surface area contributed by atoms with Crippen molar-refractivity contribution in [2.24, 2.45) is 29.6 Å². The Morgan fingerprint density at radius 1 is 1.38 bits per heavy atom. The molecule has 0 amide bonds. The summed E-state index contributed by atoms with van der Waals surface area (Å²) in [6.07, 6.45) is 6.52. The molecule has 2 aliphatic rings. The first-order chi connectivity index (χ1) is 7.50. The van der Waals surface area contributed by atoms with Crippen LogP contribution < -0.4 is 0 Å². The van der Waals surface area contributed by atoms with Gasteiger partial charge in [0.15, 0.2) is 0 Å². The molecule has 2 aliphatic carbocycles. The molecule has 5 atom stereocenters. The monoisotopic (exact) mass is 218 g/mol. The van der Waals surface area contributed by atoms with Crippen LogP contribution in [0.15, 0.2) is 23.8 Å². The lowest BCUT2D eigenvalue weighted by Crippen LogP contribution is -2.20. The van der Waals surface area contributed by atoms with Crippen molar-refractivity contribution < 1.29 is 0 Å². The fraction of sp³-hybridized carbons (Fsp3) is 0.750. The standard InChI is InChI=1S/C16H26/c1-10(2)15-9-14(7-6-11(15)3)13(5)16-8-12(16)4/h7,11-13,15-16H,1,6,8-9H2,2-5H3. The smallest absolute Gasteiger partial charge is 0.0143 e. The first-order valence-corrected chi connectivity index (χ1v) is 6.85. The third-order valence-corrected chi connectivity index (χ3v) is 4.93. The van der Waals surface area contributed by atoms with Crippen LogP contribution in [0.4, 0.5) is 0 Å². The molecule has 0 nitrogen and oxygen atoms in total. The van der Waals surface area contributed by atoms with Gasteiger partial charge in [0, 0.05) is 0 Å². The Morgan fingerprint density at radius 2 is 2.00 bits per heavy atom. The molecular formula is C16H26. The van der Waals surface area contributed by atoms with Gasteiger partial charge in [-0.15, -0.1) is 0 Å². The number of hydrogen-bond donors (Lipinski definition) is 0. The van der Waals surface area contributed by atoms with Crippen molar-refractivity contribution in [2.75, 3.05) is 0 Å². The fourth-order valence-electron chi connectivity index (χ4n) is 3.39. The predicted octanol–water partition coefficient (Wildman–Crippen LogP) is 4.83. The minimum absolute atomic E-state index is 0.733. The molecule has 16 heavy (non-hydrogen) atoms. The van der Waals surface area contributed by atoms with Crippen molar-refractivity contribution in [1.29, 1.82) is 0 Å². The van der Waals surface area contributed by atoms with Crippen LogP contribution >= 0.6 is 0 Å². The third-order valence-electron chi connectivity index (χ3n) is 4.93. The first kappa shape index (κ1) is 12.0. The maximum Gasteiger partial charge on any atom is -0.0143 e. The molecular weight excluding hydrogens is 192 g/mol. The van der Waals surface area contributed by atoms with Crippen LogP contribution in [0.5, 0.6) is 0 Å². The summed E-state index contributed by atoms with van der Waals surface area (Å²) in [4.78, 5) is 0. The van der Waals surface area contributed by atoms with E-state index in [0.717, 1.165) is 29.6 Å². The SMILES string of the molecule is C=C(C)C1CC(C(C)C2CC2C)=CCC1C. The van der Waals surface area contributed by atoms with Crippen molar-refractivity contribution in [2.45, 2.75) is 47.0 Å². The van der Waals surface area contributed by atoms with E-state index in [0.29, 0.717) is 0 Å². The average molecular weight is 218 g/mol. The summed E-state index contributed by atoms with van der Waals surface area (Å²) in [5.74, 6) is 4.30. The lowest BCUT2D eigenvalue weighted by Gasteiger charge is -2.32. The summed E-state index contributed by atoms with van der Waals surface area (Å²) in [6.45, 7) is 13.6. The van der Waals surface area contributed by atoms with E-state index in [-0.39, 0.29) is 0 Å². The second kappa shape index (κ2) is 4.39. The first-order valence-electron chi connectivity index (χ1n) is 6.85. The van der Waals surface area contributed by atoms with Crippen molar-refractivity contribution in [3.8, 4) is 0 Å². The molecule has 0 N–H and O–H groups in total. The van der Waals surface area contributed by atoms with E-state index in [1.54, 1.807) is 5.57 Å². The Kier molecular flexibility index (Phi) is 3.28. The van der Waals surface area contributed by atoms with Crippen LogP contribution in [-0.2, 0) is 0 Å². The molecule has 0 heteroatoms. The minimum atomic E-state index is 0.733. The Balaban J connectivity index is 2.03. The van der Waals surface area contributed by atoms with Gasteiger partial charge in [-0.1, -0.05) is 44.6 Å². The molecule has 0 bridgehead atoms. The van der Waals surface area contributed by atoms with Crippen LogP contribution in [0, 0.1) is 29.6 Å². The van der Waals surface area contributed by atoms with E-state index in [1.165, 1.54) is 24.8 Å².